The number of sulfone groups is 1. The van der Waals surface area contributed by atoms with Gasteiger partial charge in [0.2, 0.25) is 5.91 Å². The van der Waals surface area contributed by atoms with Crippen molar-refractivity contribution in [1.82, 2.24) is 10.3 Å². The first kappa shape index (κ1) is 19.5. The first-order valence-corrected chi connectivity index (χ1v) is 10.7. The molecule has 3 rings (SSSR count). The Morgan fingerprint density at radius 2 is 2.04 bits per heavy atom. The molecule has 2 amide bonds. The van der Waals surface area contributed by atoms with E-state index in [2.05, 4.69) is 10.4 Å². The van der Waals surface area contributed by atoms with E-state index >= 15 is 0 Å². The Labute approximate surface area is 158 Å². The van der Waals surface area contributed by atoms with E-state index in [1.54, 1.807) is 7.11 Å². The number of nitrogens with one attached hydrogen (secondary N) is 1. The monoisotopic (exact) mass is 393 g/mol. The van der Waals surface area contributed by atoms with E-state index in [1.807, 2.05) is 24.3 Å². The van der Waals surface area contributed by atoms with Crippen LogP contribution in [0.3, 0.4) is 0 Å². The lowest BCUT2D eigenvalue weighted by molar-refractivity contribution is -0.133. The fraction of sp³-hybridized carbons (Fsp3) is 0.500. The number of nitrogens with zero attached hydrogens (tertiary/aromatic N) is 2. The van der Waals surface area contributed by atoms with Crippen molar-refractivity contribution < 1.29 is 22.7 Å². The van der Waals surface area contributed by atoms with Crippen molar-refractivity contribution in [3.63, 3.8) is 0 Å². The van der Waals surface area contributed by atoms with Gasteiger partial charge in [-0.1, -0.05) is 24.3 Å². The topological polar surface area (TPSA) is 105 Å². The molecule has 9 heteroatoms. The van der Waals surface area contributed by atoms with Crippen LogP contribution in [-0.2, 0) is 37.3 Å². The fourth-order valence-corrected chi connectivity index (χ4v) is 4.98. The summed E-state index contributed by atoms with van der Waals surface area (Å²) in [6, 6.07) is 7.16. The Morgan fingerprint density at radius 3 is 2.70 bits per heavy atom. The van der Waals surface area contributed by atoms with Gasteiger partial charge in [0.05, 0.1) is 24.2 Å². The van der Waals surface area contributed by atoms with Gasteiger partial charge in [0.15, 0.2) is 9.84 Å². The van der Waals surface area contributed by atoms with E-state index in [0.29, 0.717) is 19.6 Å². The minimum atomic E-state index is -3.14. The molecular formula is C18H23N3O5S. The van der Waals surface area contributed by atoms with Gasteiger partial charge in [0.25, 0.3) is 5.91 Å². The summed E-state index contributed by atoms with van der Waals surface area (Å²) in [4.78, 5) is 24.6. The summed E-state index contributed by atoms with van der Waals surface area (Å²) < 4.78 is 28.5. The molecule has 0 bridgehead atoms. The largest absolute Gasteiger partial charge is 0.380 e. The molecule has 8 nitrogen and oxygen atoms in total. The Morgan fingerprint density at radius 1 is 1.30 bits per heavy atom. The second-order valence-electron chi connectivity index (χ2n) is 6.73. The van der Waals surface area contributed by atoms with Crippen LogP contribution in [0.25, 0.3) is 0 Å². The lowest BCUT2D eigenvalue weighted by atomic mass is 10.1. The smallest absolute Gasteiger partial charge is 0.267 e. The number of carbonyl (C=O) groups is 2. The highest BCUT2D eigenvalue weighted by atomic mass is 32.2. The van der Waals surface area contributed by atoms with Crippen LogP contribution in [0.1, 0.15) is 30.4 Å². The standard InChI is InChI=1S/C18H23N3O5S/c1-26-11-14-5-3-2-4-13(14)10-19-18(23)16-6-7-17(22)21(20-16)15-8-9-27(24,25)12-15/h2-5,15H,6-12H2,1H3,(H,19,23). The number of carbonyl (C=O) groups excluding carboxylic acids is 2. The number of hydrogen-bond acceptors (Lipinski definition) is 6. The third-order valence-corrected chi connectivity index (χ3v) is 6.48. The molecule has 1 atom stereocenters. The van der Waals surface area contributed by atoms with E-state index < -0.39 is 15.9 Å². The highest BCUT2D eigenvalue weighted by molar-refractivity contribution is 7.91. The zero-order valence-electron chi connectivity index (χ0n) is 15.2. The quantitative estimate of drug-likeness (QED) is 0.763. The molecule has 2 aliphatic rings. The summed E-state index contributed by atoms with van der Waals surface area (Å²) in [6.07, 6.45) is 0.764. The fourth-order valence-electron chi connectivity index (χ4n) is 3.29. The zero-order valence-corrected chi connectivity index (χ0v) is 16.0. The minimum Gasteiger partial charge on any atom is -0.380 e. The van der Waals surface area contributed by atoms with E-state index in [-0.39, 0.29) is 41.9 Å². The molecule has 1 fully saturated rings. The van der Waals surface area contributed by atoms with Crippen LogP contribution < -0.4 is 5.32 Å². The lowest BCUT2D eigenvalue weighted by Gasteiger charge is -2.27. The van der Waals surface area contributed by atoms with Crippen molar-refractivity contribution in [3.05, 3.63) is 35.4 Å². The number of amides is 2. The number of ether oxygens (including phenoxy) is 1. The number of hydrazone groups is 1. The lowest BCUT2D eigenvalue weighted by Crippen LogP contribution is -2.43. The summed E-state index contributed by atoms with van der Waals surface area (Å²) in [7, 11) is -1.53. The predicted octanol–water partition coefficient (Wildman–Crippen LogP) is 0.615. The molecule has 1 unspecified atom stereocenters. The van der Waals surface area contributed by atoms with Crippen molar-refractivity contribution >= 4 is 27.4 Å². The van der Waals surface area contributed by atoms with Crippen LogP contribution in [0.2, 0.25) is 0 Å². The molecule has 0 aliphatic carbocycles. The molecule has 2 heterocycles. The normalized spacial score (nSPS) is 21.8. The molecule has 0 spiro atoms. The number of rotatable bonds is 6. The average molecular weight is 393 g/mol. The van der Waals surface area contributed by atoms with Gasteiger partial charge < -0.3 is 10.1 Å². The number of hydrogen-bond donors (Lipinski definition) is 1. The first-order valence-electron chi connectivity index (χ1n) is 8.83. The van der Waals surface area contributed by atoms with Crippen LogP contribution in [0.15, 0.2) is 29.4 Å². The van der Waals surface area contributed by atoms with Crippen molar-refractivity contribution in [2.45, 2.75) is 38.5 Å². The Hall–Kier alpha value is -2.26. The zero-order chi connectivity index (χ0) is 19.4. The maximum atomic E-state index is 12.5. The van der Waals surface area contributed by atoms with Crippen molar-refractivity contribution in [2.24, 2.45) is 5.10 Å². The molecule has 1 aromatic carbocycles. The average Bonchev–Trinajstić information content (AvgIpc) is 3.01. The Bertz CT molecular complexity index is 866. The first-order chi connectivity index (χ1) is 12.9. The number of benzene rings is 1. The van der Waals surface area contributed by atoms with Gasteiger partial charge in [-0.3, -0.25) is 9.59 Å². The molecule has 0 saturated carbocycles. The maximum absolute atomic E-state index is 12.5. The van der Waals surface area contributed by atoms with Crippen molar-refractivity contribution in [3.8, 4) is 0 Å². The van der Waals surface area contributed by atoms with E-state index in [0.717, 1.165) is 11.1 Å². The van der Waals surface area contributed by atoms with Gasteiger partial charge in [0.1, 0.15) is 5.71 Å². The second kappa shape index (κ2) is 8.18. The van der Waals surface area contributed by atoms with Crippen LogP contribution in [0.4, 0.5) is 0 Å². The number of methoxy groups -OCH3 is 1. The van der Waals surface area contributed by atoms with Gasteiger partial charge in [-0.05, 0) is 17.5 Å². The summed E-state index contributed by atoms with van der Waals surface area (Å²) >= 11 is 0. The second-order valence-corrected chi connectivity index (χ2v) is 8.95. The highest BCUT2D eigenvalue weighted by Gasteiger charge is 2.37. The van der Waals surface area contributed by atoms with Gasteiger partial charge in [-0.2, -0.15) is 5.10 Å². The third-order valence-electron chi connectivity index (χ3n) is 4.73. The van der Waals surface area contributed by atoms with Crippen LogP contribution in [-0.4, -0.2) is 55.6 Å². The van der Waals surface area contributed by atoms with Gasteiger partial charge >= 0.3 is 0 Å². The molecule has 0 aromatic heterocycles. The SMILES string of the molecule is COCc1ccccc1CNC(=O)C1=NN(C2CCS(=O)(=O)C2)C(=O)CC1. The summed E-state index contributed by atoms with van der Waals surface area (Å²) in [6.45, 7) is 0.772. The van der Waals surface area contributed by atoms with Crippen molar-refractivity contribution in [2.75, 3.05) is 18.6 Å². The van der Waals surface area contributed by atoms with E-state index in [4.69, 9.17) is 4.74 Å². The predicted molar refractivity (Wildman–Crippen MR) is 99.6 cm³/mol. The maximum Gasteiger partial charge on any atom is 0.267 e. The van der Waals surface area contributed by atoms with Gasteiger partial charge in [-0.25, -0.2) is 13.4 Å². The van der Waals surface area contributed by atoms with E-state index in [9.17, 15) is 18.0 Å². The van der Waals surface area contributed by atoms with Crippen LogP contribution >= 0.6 is 0 Å². The molecule has 1 N–H and O–H groups in total. The van der Waals surface area contributed by atoms with Crippen LogP contribution in [0.5, 0.6) is 0 Å². The van der Waals surface area contributed by atoms with Crippen LogP contribution in [0, 0.1) is 0 Å². The summed E-state index contributed by atoms with van der Waals surface area (Å²) in [5.41, 5.74) is 2.18. The molecule has 1 aromatic rings. The molecule has 146 valence electrons. The highest BCUT2D eigenvalue weighted by Crippen LogP contribution is 2.22. The molecule has 0 radical (unpaired) electrons. The van der Waals surface area contributed by atoms with Crippen molar-refractivity contribution in [1.29, 1.82) is 0 Å². The summed E-state index contributed by atoms with van der Waals surface area (Å²) in [5, 5.41) is 8.21. The molecule has 27 heavy (non-hydrogen) atoms. The molecular weight excluding hydrogens is 370 g/mol. The third kappa shape index (κ3) is 4.72. The Kier molecular flexibility index (Phi) is 5.91. The Balaban J connectivity index is 1.67. The van der Waals surface area contributed by atoms with Gasteiger partial charge in [-0.15, -0.1) is 0 Å². The minimum absolute atomic E-state index is 0.0504. The van der Waals surface area contributed by atoms with E-state index in [1.165, 1.54) is 5.01 Å². The summed E-state index contributed by atoms with van der Waals surface area (Å²) in [5.74, 6) is -0.629. The molecule has 1 saturated heterocycles. The van der Waals surface area contributed by atoms with Gasteiger partial charge in [0, 0.05) is 26.5 Å². The molecule has 2 aliphatic heterocycles.